The van der Waals surface area contributed by atoms with Gasteiger partial charge in [0.05, 0.1) is 12.0 Å². The van der Waals surface area contributed by atoms with E-state index in [2.05, 4.69) is 23.7 Å². The number of carbonyl (C=O) groups is 4. The molecule has 10 nitrogen and oxygen atoms in total. The molecule has 0 bridgehead atoms. The second-order valence-electron chi connectivity index (χ2n) is 12.8. The summed E-state index contributed by atoms with van der Waals surface area (Å²) in [7, 11) is 3.70. The molecule has 4 rings (SSSR count). The molecule has 1 heterocycles. The minimum Gasteiger partial charge on any atom is -0.462 e. The van der Waals surface area contributed by atoms with Crippen LogP contribution in [0.15, 0.2) is 24.3 Å². The lowest BCUT2D eigenvalue weighted by Crippen LogP contribution is -2.35. The minimum absolute atomic E-state index is 0.00991. The molecule has 2 aliphatic carbocycles. The lowest BCUT2D eigenvalue weighted by atomic mass is 9.76. The Bertz CT molecular complexity index is 1350. The van der Waals surface area contributed by atoms with E-state index in [9.17, 15) is 19.2 Å². The van der Waals surface area contributed by atoms with Gasteiger partial charge in [0.25, 0.3) is 5.91 Å². The van der Waals surface area contributed by atoms with Gasteiger partial charge in [-0.25, -0.2) is 0 Å². The Morgan fingerprint density at radius 3 is 2.43 bits per heavy atom. The van der Waals surface area contributed by atoms with Gasteiger partial charge < -0.3 is 30.0 Å². The number of carbonyl (C=O) groups excluding carboxylic acids is 4. The SMILES string of the molecule is CC(=O)OC(CC(=O)OC1CCC(Nc2cc(-n3c(C)cc4c3CC(C)(C)CC4=O)ccc2C(N)=O)CC1)CN(C)C. The van der Waals surface area contributed by atoms with E-state index in [0.717, 1.165) is 41.9 Å². The summed E-state index contributed by atoms with van der Waals surface area (Å²) in [5, 5.41) is 3.52. The first-order valence-electron chi connectivity index (χ1n) is 14.7. The molecule has 2 aliphatic rings. The van der Waals surface area contributed by atoms with Gasteiger partial charge in [-0.15, -0.1) is 0 Å². The predicted octanol–water partition coefficient (Wildman–Crippen LogP) is 4.19. The van der Waals surface area contributed by atoms with Crippen LogP contribution in [0.1, 0.15) is 91.4 Å². The molecule has 1 atom stereocenters. The second-order valence-corrected chi connectivity index (χ2v) is 12.8. The van der Waals surface area contributed by atoms with Gasteiger partial charge in [-0.05, 0) is 82.8 Å². The van der Waals surface area contributed by atoms with Gasteiger partial charge >= 0.3 is 11.9 Å². The summed E-state index contributed by atoms with van der Waals surface area (Å²) in [6.07, 6.45) is 3.36. The molecule has 228 valence electrons. The number of hydrogen-bond donors (Lipinski definition) is 2. The number of likely N-dealkylation sites (N-methyl/N-ethyl adjacent to an activating group) is 1. The molecule has 1 aromatic carbocycles. The maximum Gasteiger partial charge on any atom is 0.309 e. The summed E-state index contributed by atoms with van der Waals surface area (Å²) in [4.78, 5) is 51.1. The van der Waals surface area contributed by atoms with E-state index in [1.807, 2.05) is 44.1 Å². The van der Waals surface area contributed by atoms with E-state index in [-0.39, 0.29) is 35.7 Å². The molecule has 1 amide bonds. The summed E-state index contributed by atoms with van der Waals surface area (Å²) in [6.45, 7) is 7.98. The van der Waals surface area contributed by atoms with Gasteiger partial charge in [-0.3, -0.25) is 19.2 Å². The number of nitrogens with two attached hydrogens (primary N) is 1. The Labute approximate surface area is 247 Å². The third-order valence-electron chi connectivity index (χ3n) is 8.03. The minimum atomic E-state index is -0.554. The van der Waals surface area contributed by atoms with Crippen LogP contribution in [0, 0.1) is 12.3 Å². The fraction of sp³-hybridized carbons (Fsp3) is 0.562. The maximum absolute atomic E-state index is 12.9. The summed E-state index contributed by atoms with van der Waals surface area (Å²) < 4.78 is 13.1. The van der Waals surface area contributed by atoms with Gasteiger partial charge in [-0.2, -0.15) is 0 Å². The molecule has 10 heteroatoms. The highest BCUT2D eigenvalue weighted by molar-refractivity contribution is 6.00. The molecule has 42 heavy (non-hydrogen) atoms. The number of aryl methyl sites for hydroxylation is 1. The zero-order chi connectivity index (χ0) is 30.8. The highest BCUT2D eigenvalue weighted by Gasteiger charge is 2.34. The smallest absolute Gasteiger partial charge is 0.309 e. The molecule has 1 fully saturated rings. The molecule has 1 unspecified atom stereocenters. The third-order valence-corrected chi connectivity index (χ3v) is 8.03. The number of esters is 2. The van der Waals surface area contributed by atoms with Crippen molar-refractivity contribution >= 4 is 29.3 Å². The lowest BCUT2D eigenvalue weighted by Gasteiger charge is -2.31. The van der Waals surface area contributed by atoms with Gasteiger partial charge in [-0.1, -0.05) is 13.8 Å². The fourth-order valence-corrected chi connectivity index (χ4v) is 6.27. The molecular weight excluding hydrogens is 536 g/mol. The number of rotatable bonds is 10. The molecule has 1 saturated carbocycles. The molecule has 0 aliphatic heterocycles. The van der Waals surface area contributed by atoms with E-state index >= 15 is 0 Å². The van der Waals surface area contributed by atoms with Crippen LogP contribution in [0.3, 0.4) is 0 Å². The van der Waals surface area contributed by atoms with Crippen LogP contribution in [0.4, 0.5) is 5.69 Å². The maximum atomic E-state index is 12.9. The molecule has 0 spiro atoms. The number of Topliss-reactive ketones (excluding diaryl/α,β-unsaturated/α-hetero) is 1. The summed E-state index contributed by atoms with van der Waals surface area (Å²) in [6, 6.07) is 7.57. The number of nitrogens with zero attached hydrogens (tertiary/aromatic N) is 2. The van der Waals surface area contributed by atoms with Crippen LogP contribution in [0.25, 0.3) is 5.69 Å². The molecule has 2 aromatic rings. The number of fused-ring (bicyclic) bond motifs is 1. The van der Waals surface area contributed by atoms with E-state index in [1.165, 1.54) is 6.92 Å². The summed E-state index contributed by atoms with van der Waals surface area (Å²) >= 11 is 0. The first-order valence-corrected chi connectivity index (χ1v) is 14.7. The normalized spacial score (nSPS) is 20.5. The Kier molecular flexibility index (Phi) is 9.45. The van der Waals surface area contributed by atoms with Gasteiger partial charge in [0.1, 0.15) is 12.2 Å². The summed E-state index contributed by atoms with van der Waals surface area (Å²) in [5.74, 6) is -1.17. The van der Waals surface area contributed by atoms with E-state index in [0.29, 0.717) is 37.1 Å². The first-order chi connectivity index (χ1) is 19.7. The Hall–Kier alpha value is -3.66. The van der Waals surface area contributed by atoms with E-state index < -0.39 is 18.0 Å². The Morgan fingerprint density at radius 2 is 1.81 bits per heavy atom. The van der Waals surface area contributed by atoms with Crippen LogP contribution in [-0.4, -0.2) is 72.0 Å². The number of nitrogens with one attached hydrogen (secondary N) is 1. The number of anilines is 1. The fourth-order valence-electron chi connectivity index (χ4n) is 6.27. The Morgan fingerprint density at radius 1 is 1.12 bits per heavy atom. The first kappa shape index (κ1) is 31.3. The van der Waals surface area contributed by atoms with Crippen LogP contribution < -0.4 is 11.1 Å². The number of benzene rings is 1. The number of aromatic nitrogens is 1. The van der Waals surface area contributed by atoms with Crippen molar-refractivity contribution in [3.8, 4) is 5.69 Å². The molecule has 1 aromatic heterocycles. The zero-order valence-corrected chi connectivity index (χ0v) is 25.6. The molecule has 0 saturated heterocycles. The van der Waals surface area contributed by atoms with Crippen molar-refractivity contribution in [2.45, 2.75) is 90.9 Å². The molecular formula is C32H44N4O6. The van der Waals surface area contributed by atoms with Crippen molar-refractivity contribution in [3.05, 3.63) is 46.8 Å². The average Bonchev–Trinajstić information content (AvgIpc) is 3.19. The van der Waals surface area contributed by atoms with Crippen molar-refractivity contribution < 1.29 is 28.7 Å². The van der Waals surface area contributed by atoms with Gasteiger partial charge in [0.2, 0.25) is 0 Å². The average molecular weight is 581 g/mol. The van der Waals surface area contributed by atoms with Crippen molar-refractivity contribution in [1.29, 1.82) is 0 Å². The number of ether oxygens (including phenoxy) is 2. The van der Waals surface area contributed by atoms with Gasteiger partial charge in [0, 0.05) is 54.3 Å². The highest BCUT2D eigenvalue weighted by Crippen LogP contribution is 2.38. The predicted molar refractivity (Wildman–Crippen MR) is 160 cm³/mol. The van der Waals surface area contributed by atoms with Crippen molar-refractivity contribution in [2.75, 3.05) is 26.0 Å². The largest absolute Gasteiger partial charge is 0.462 e. The third kappa shape index (κ3) is 7.59. The number of hydrogen-bond acceptors (Lipinski definition) is 8. The van der Waals surface area contributed by atoms with Gasteiger partial charge in [0.15, 0.2) is 5.78 Å². The van der Waals surface area contributed by atoms with E-state index in [4.69, 9.17) is 15.2 Å². The van der Waals surface area contributed by atoms with Crippen LogP contribution in [-0.2, 0) is 25.5 Å². The van der Waals surface area contributed by atoms with Crippen molar-refractivity contribution in [3.63, 3.8) is 0 Å². The van der Waals surface area contributed by atoms with Crippen LogP contribution in [0.2, 0.25) is 0 Å². The second kappa shape index (κ2) is 12.7. The lowest BCUT2D eigenvalue weighted by molar-refractivity contribution is -0.158. The monoisotopic (exact) mass is 580 g/mol. The molecule has 0 radical (unpaired) electrons. The zero-order valence-electron chi connectivity index (χ0n) is 25.6. The molecule has 3 N–H and O–H groups in total. The van der Waals surface area contributed by atoms with Crippen LogP contribution >= 0.6 is 0 Å². The van der Waals surface area contributed by atoms with Crippen LogP contribution in [0.5, 0.6) is 0 Å². The quantitative estimate of drug-likeness (QED) is 0.400. The van der Waals surface area contributed by atoms with E-state index in [1.54, 1.807) is 6.07 Å². The number of ketones is 1. The van der Waals surface area contributed by atoms with Crippen molar-refractivity contribution in [2.24, 2.45) is 11.1 Å². The number of primary amides is 1. The Balaban J connectivity index is 1.44. The van der Waals surface area contributed by atoms with Crippen molar-refractivity contribution in [1.82, 2.24) is 9.47 Å². The summed E-state index contributed by atoms with van der Waals surface area (Å²) in [5.41, 5.74) is 10.3. The number of amides is 1. The standard InChI is InChI=1S/C32H44N4O6/c1-19-13-26-28(16-32(3,4)17-29(26)38)36(19)22-9-12-25(31(33)40)27(14-22)34-21-7-10-23(11-8-21)42-30(39)15-24(18-35(5)6)41-20(2)37/h9,12-14,21,23-24,34H,7-8,10-11,15-18H2,1-6H3,(H2,33,40). The topological polar surface area (TPSA) is 133 Å². The highest BCUT2D eigenvalue weighted by atomic mass is 16.6.